The summed E-state index contributed by atoms with van der Waals surface area (Å²) < 4.78 is 53.4. The minimum atomic E-state index is -4.14. The van der Waals surface area contributed by atoms with Gasteiger partial charge in [0.2, 0.25) is 10.0 Å². The van der Waals surface area contributed by atoms with Crippen LogP contribution in [0.1, 0.15) is 13.8 Å². The maximum Gasteiger partial charge on any atom is 0.249 e. The van der Waals surface area contributed by atoms with E-state index in [1.54, 1.807) is 0 Å². The highest BCUT2D eigenvalue weighted by atomic mass is 32.2. The molecule has 1 saturated heterocycles. The van der Waals surface area contributed by atoms with Crippen LogP contribution in [-0.2, 0) is 10.0 Å². The molecule has 0 unspecified atom stereocenters. The number of halogens is 2. The van der Waals surface area contributed by atoms with Crippen LogP contribution >= 0.6 is 0 Å². The van der Waals surface area contributed by atoms with E-state index in [9.17, 15) is 17.2 Å². The lowest BCUT2D eigenvalue weighted by Crippen LogP contribution is -2.48. The van der Waals surface area contributed by atoms with E-state index >= 15 is 0 Å². The van der Waals surface area contributed by atoms with Crippen LogP contribution in [0.5, 0.6) is 0 Å². The van der Waals surface area contributed by atoms with E-state index in [-0.39, 0.29) is 13.1 Å². The largest absolute Gasteiger partial charge is 0.297 e. The van der Waals surface area contributed by atoms with Gasteiger partial charge in [0.1, 0.15) is 11.6 Å². The van der Waals surface area contributed by atoms with Crippen molar-refractivity contribution in [3.8, 4) is 0 Å². The van der Waals surface area contributed by atoms with Crippen molar-refractivity contribution < 1.29 is 17.2 Å². The third kappa shape index (κ3) is 3.71. The zero-order valence-electron chi connectivity index (χ0n) is 12.7. The molecule has 1 aromatic rings. The van der Waals surface area contributed by atoms with Gasteiger partial charge < -0.3 is 0 Å². The molecule has 4 nitrogen and oxygen atoms in total. The molecule has 1 aromatic carbocycles. The number of piperazine rings is 1. The molecular formula is C15H20F2N2O2S. The van der Waals surface area contributed by atoms with Crippen LogP contribution in [0.2, 0.25) is 0 Å². The highest BCUT2D eigenvalue weighted by molar-refractivity contribution is 7.89. The summed E-state index contributed by atoms with van der Waals surface area (Å²) >= 11 is 0. The monoisotopic (exact) mass is 330 g/mol. The lowest BCUT2D eigenvalue weighted by molar-refractivity contribution is 0.203. The number of rotatable bonds is 4. The number of hydrogen-bond donors (Lipinski definition) is 0. The fourth-order valence-corrected chi connectivity index (χ4v) is 3.85. The first-order chi connectivity index (χ1) is 10.3. The summed E-state index contributed by atoms with van der Waals surface area (Å²) in [6, 6.07) is 3.07. The minimum Gasteiger partial charge on any atom is -0.297 e. The molecule has 0 saturated carbocycles. The maximum absolute atomic E-state index is 13.7. The smallest absolute Gasteiger partial charge is 0.249 e. The van der Waals surface area contributed by atoms with Gasteiger partial charge in [0.05, 0.1) is 0 Å². The van der Waals surface area contributed by atoms with Crippen molar-refractivity contribution in [3.63, 3.8) is 0 Å². The summed E-state index contributed by atoms with van der Waals surface area (Å²) in [7, 11) is -4.14. The van der Waals surface area contributed by atoms with Gasteiger partial charge in [-0.05, 0) is 26.0 Å². The molecule has 2 rings (SSSR count). The summed E-state index contributed by atoms with van der Waals surface area (Å²) in [5, 5.41) is 0. The fraction of sp³-hybridized carbons (Fsp3) is 0.467. The summed E-state index contributed by atoms with van der Waals surface area (Å²) in [5.74, 6) is -2.10. The third-order valence-electron chi connectivity index (χ3n) is 3.61. The van der Waals surface area contributed by atoms with Gasteiger partial charge in [-0.2, -0.15) is 4.31 Å². The Hall–Kier alpha value is -1.31. The molecule has 122 valence electrons. The van der Waals surface area contributed by atoms with Crippen LogP contribution in [0.25, 0.3) is 0 Å². The first-order valence-corrected chi connectivity index (χ1v) is 8.56. The van der Waals surface area contributed by atoms with E-state index in [4.69, 9.17) is 0 Å². The second kappa shape index (κ2) is 6.85. The van der Waals surface area contributed by atoms with E-state index in [1.165, 1.54) is 5.57 Å². The van der Waals surface area contributed by atoms with E-state index in [1.807, 2.05) is 13.8 Å². The van der Waals surface area contributed by atoms with Gasteiger partial charge in [-0.15, -0.1) is 0 Å². The number of hydrogen-bond acceptors (Lipinski definition) is 3. The average molecular weight is 330 g/mol. The SMILES string of the molecule is CC(C)=CCN1CCN(S(=O)(=O)c2c(F)cccc2F)CC1. The van der Waals surface area contributed by atoms with Crippen molar-refractivity contribution in [1.29, 1.82) is 0 Å². The van der Waals surface area contributed by atoms with Gasteiger partial charge in [0.15, 0.2) is 4.90 Å². The van der Waals surface area contributed by atoms with Gasteiger partial charge in [-0.25, -0.2) is 17.2 Å². The minimum absolute atomic E-state index is 0.229. The van der Waals surface area contributed by atoms with Gasteiger partial charge in [-0.3, -0.25) is 4.90 Å². The Balaban J connectivity index is 2.12. The molecular weight excluding hydrogens is 310 g/mol. The second-order valence-corrected chi connectivity index (χ2v) is 7.41. The average Bonchev–Trinajstić information content (AvgIpc) is 2.45. The third-order valence-corrected chi connectivity index (χ3v) is 5.56. The Morgan fingerprint density at radius 2 is 1.68 bits per heavy atom. The van der Waals surface area contributed by atoms with Crippen molar-refractivity contribution in [2.45, 2.75) is 18.7 Å². The van der Waals surface area contributed by atoms with Crippen molar-refractivity contribution in [2.75, 3.05) is 32.7 Å². The molecule has 22 heavy (non-hydrogen) atoms. The molecule has 1 heterocycles. The summed E-state index contributed by atoms with van der Waals surface area (Å²) in [6.45, 7) is 6.30. The fourth-order valence-electron chi connectivity index (χ4n) is 2.32. The van der Waals surface area contributed by atoms with Crippen LogP contribution in [0.3, 0.4) is 0 Å². The summed E-state index contributed by atoms with van der Waals surface area (Å²) in [5.41, 5.74) is 1.20. The first kappa shape index (κ1) is 17.1. The van der Waals surface area contributed by atoms with Gasteiger partial charge in [0, 0.05) is 32.7 Å². The number of benzene rings is 1. The Bertz CT molecular complexity index is 642. The highest BCUT2D eigenvalue weighted by Crippen LogP contribution is 2.23. The number of nitrogens with zero attached hydrogens (tertiary/aromatic N) is 2. The molecule has 1 fully saturated rings. The number of allylic oxidation sites excluding steroid dienone is 1. The molecule has 0 aliphatic carbocycles. The molecule has 0 aromatic heterocycles. The van der Waals surface area contributed by atoms with E-state index in [2.05, 4.69) is 11.0 Å². The van der Waals surface area contributed by atoms with Crippen molar-refractivity contribution in [2.24, 2.45) is 0 Å². The van der Waals surface area contributed by atoms with Gasteiger partial charge in [0.25, 0.3) is 0 Å². The Morgan fingerprint density at radius 1 is 1.14 bits per heavy atom. The van der Waals surface area contributed by atoms with Gasteiger partial charge in [-0.1, -0.05) is 17.7 Å². The van der Waals surface area contributed by atoms with Crippen molar-refractivity contribution in [3.05, 3.63) is 41.5 Å². The predicted molar refractivity (Wildman–Crippen MR) is 81.0 cm³/mol. The van der Waals surface area contributed by atoms with Crippen LogP contribution < -0.4 is 0 Å². The quantitative estimate of drug-likeness (QED) is 0.795. The Morgan fingerprint density at radius 3 is 2.18 bits per heavy atom. The molecule has 0 radical (unpaired) electrons. The summed E-state index contributed by atoms with van der Waals surface area (Å²) in [6.07, 6.45) is 2.07. The molecule has 0 N–H and O–H groups in total. The van der Waals surface area contributed by atoms with Crippen molar-refractivity contribution in [1.82, 2.24) is 9.21 Å². The van der Waals surface area contributed by atoms with Crippen LogP contribution in [-0.4, -0.2) is 50.3 Å². The van der Waals surface area contributed by atoms with Crippen LogP contribution in [0.4, 0.5) is 8.78 Å². The Labute approximate surface area is 130 Å². The summed E-state index contributed by atoms with van der Waals surface area (Å²) in [4.78, 5) is 1.25. The van der Waals surface area contributed by atoms with Crippen molar-refractivity contribution >= 4 is 10.0 Å². The maximum atomic E-state index is 13.7. The van der Waals surface area contributed by atoms with E-state index in [0.29, 0.717) is 13.1 Å². The van der Waals surface area contributed by atoms with Gasteiger partial charge >= 0.3 is 0 Å². The zero-order chi connectivity index (χ0) is 16.3. The number of sulfonamides is 1. The lowest BCUT2D eigenvalue weighted by atomic mass is 10.3. The Kier molecular flexibility index (Phi) is 5.31. The highest BCUT2D eigenvalue weighted by Gasteiger charge is 2.32. The molecule has 1 aliphatic rings. The van der Waals surface area contributed by atoms with E-state index < -0.39 is 26.6 Å². The lowest BCUT2D eigenvalue weighted by Gasteiger charge is -2.33. The second-order valence-electron chi connectivity index (χ2n) is 5.54. The normalized spacial score (nSPS) is 17.5. The molecule has 1 aliphatic heterocycles. The van der Waals surface area contributed by atoms with E-state index in [0.717, 1.165) is 29.0 Å². The molecule has 7 heteroatoms. The van der Waals surface area contributed by atoms with Crippen LogP contribution in [0, 0.1) is 11.6 Å². The first-order valence-electron chi connectivity index (χ1n) is 7.12. The molecule has 0 bridgehead atoms. The predicted octanol–water partition coefficient (Wildman–Crippen LogP) is 2.24. The standard InChI is InChI=1S/C15H20F2N2O2S/c1-12(2)6-7-18-8-10-19(11-9-18)22(20,21)15-13(16)4-3-5-14(15)17/h3-6H,7-11H2,1-2H3. The molecule has 0 atom stereocenters. The van der Waals surface area contributed by atoms with Crippen LogP contribution in [0.15, 0.2) is 34.7 Å². The molecule has 0 spiro atoms. The molecule has 0 amide bonds. The zero-order valence-corrected chi connectivity index (χ0v) is 13.5. The topological polar surface area (TPSA) is 40.6 Å².